The highest BCUT2D eigenvalue weighted by molar-refractivity contribution is 14.1. The average molecular weight is 266 g/mol. The molecule has 0 saturated carbocycles. The third kappa shape index (κ3) is 8.07. The summed E-state index contributed by atoms with van der Waals surface area (Å²) >= 11 is 2.20. The molecule has 0 spiro atoms. The minimum absolute atomic E-state index is 0.185. The van der Waals surface area contributed by atoms with Crippen molar-refractivity contribution in [1.29, 1.82) is 0 Å². The third-order valence-corrected chi connectivity index (χ3v) is 1.94. The Kier molecular flexibility index (Phi) is 8.40. The minimum atomic E-state index is -0.185. The number of hydrogen-bond donors (Lipinski definition) is 1. The molecule has 2 heteroatoms. The highest BCUT2D eigenvalue weighted by Gasteiger charge is 1.98. The fourth-order valence-electron chi connectivity index (χ4n) is 0.845. The lowest BCUT2D eigenvalue weighted by Gasteiger charge is -2.04. The van der Waals surface area contributed by atoms with Crippen molar-refractivity contribution in [2.75, 3.05) is 0 Å². The normalized spacial score (nSPS) is 13.6. The lowest BCUT2D eigenvalue weighted by molar-refractivity contribution is 0.165. The van der Waals surface area contributed by atoms with Crippen LogP contribution in [-0.2, 0) is 0 Å². The fourth-order valence-corrected chi connectivity index (χ4v) is 1.20. The van der Waals surface area contributed by atoms with E-state index in [1.807, 2.05) is 4.08 Å². The molecule has 0 aromatic carbocycles. The largest absolute Gasteiger partial charge is 0.393 e. The Bertz CT molecular complexity index is 121. The second-order valence-corrected chi connectivity index (χ2v) is 3.19. The van der Waals surface area contributed by atoms with Crippen molar-refractivity contribution in [3.05, 3.63) is 22.8 Å². The van der Waals surface area contributed by atoms with Crippen LogP contribution >= 0.6 is 22.6 Å². The zero-order valence-corrected chi connectivity index (χ0v) is 8.83. The molecule has 0 aromatic heterocycles. The molecule has 11 heavy (non-hydrogen) atoms. The Labute approximate surface area is 82.3 Å². The fraction of sp³-hybridized carbons (Fsp3) is 0.556. The summed E-state index contributed by atoms with van der Waals surface area (Å²) < 4.78 is 2.01. The van der Waals surface area contributed by atoms with Crippen molar-refractivity contribution >= 4 is 22.6 Å². The van der Waals surface area contributed by atoms with E-state index in [1.165, 1.54) is 0 Å². The molecule has 1 N–H and O–H groups in total. The second kappa shape index (κ2) is 8.27. The van der Waals surface area contributed by atoms with Crippen LogP contribution in [0.15, 0.2) is 22.8 Å². The van der Waals surface area contributed by atoms with Gasteiger partial charge in [0.25, 0.3) is 0 Å². The van der Waals surface area contributed by atoms with Crippen molar-refractivity contribution in [3.8, 4) is 0 Å². The first-order valence-electron chi connectivity index (χ1n) is 3.85. The molecular formula is C9H15IO. The Balaban J connectivity index is 3.16. The van der Waals surface area contributed by atoms with Crippen molar-refractivity contribution < 1.29 is 5.11 Å². The van der Waals surface area contributed by atoms with Gasteiger partial charge in [0.1, 0.15) is 0 Å². The third-order valence-electron chi connectivity index (χ3n) is 1.44. The molecule has 0 aliphatic rings. The maximum Gasteiger partial charge on any atom is 0.0574 e. The van der Waals surface area contributed by atoms with E-state index in [4.69, 9.17) is 0 Å². The van der Waals surface area contributed by atoms with E-state index >= 15 is 0 Å². The Hall–Kier alpha value is 0.170. The molecule has 0 amide bonds. The van der Waals surface area contributed by atoms with Crippen LogP contribution in [0.5, 0.6) is 0 Å². The summed E-state index contributed by atoms with van der Waals surface area (Å²) in [5, 5.41) is 9.25. The first-order valence-corrected chi connectivity index (χ1v) is 5.10. The Morgan fingerprint density at radius 3 is 2.82 bits per heavy atom. The van der Waals surface area contributed by atoms with Crippen LogP contribution in [0.2, 0.25) is 0 Å². The van der Waals surface area contributed by atoms with E-state index < -0.39 is 0 Å². The molecule has 0 heterocycles. The molecular weight excluding hydrogens is 251 g/mol. The van der Waals surface area contributed by atoms with Gasteiger partial charge in [-0.15, -0.1) is 6.58 Å². The lowest BCUT2D eigenvalue weighted by atomic mass is 10.1. The number of hydrogen-bond acceptors (Lipinski definition) is 1. The topological polar surface area (TPSA) is 20.2 Å². The summed E-state index contributed by atoms with van der Waals surface area (Å²) in [6.07, 6.45) is 7.42. The van der Waals surface area contributed by atoms with Crippen LogP contribution in [-0.4, -0.2) is 11.2 Å². The summed E-state index contributed by atoms with van der Waals surface area (Å²) in [4.78, 5) is 0. The van der Waals surface area contributed by atoms with Crippen molar-refractivity contribution in [2.45, 2.75) is 31.8 Å². The highest BCUT2D eigenvalue weighted by atomic mass is 127. The number of aliphatic hydroxyl groups is 1. The van der Waals surface area contributed by atoms with Crippen LogP contribution in [0.25, 0.3) is 0 Å². The van der Waals surface area contributed by atoms with Gasteiger partial charge in [0.05, 0.1) is 6.10 Å². The molecule has 1 unspecified atom stereocenters. The maximum atomic E-state index is 9.25. The van der Waals surface area contributed by atoms with Crippen LogP contribution < -0.4 is 0 Å². The zero-order chi connectivity index (χ0) is 8.53. The Morgan fingerprint density at radius 1 is 1.55 bits per heavy atom. The molecule has 0 radical (unpaired) electrons. The second-order valence-electron chi connectivity index (χ2n) is 2.47. The van der Waals surface area contributed by atoms with Crippen LogP contribution in [0.4, 0.5) is 0 Å². The van der Waals surface area contributed by atoms with Gasteiger partial charge in [-0.3, -0.25) is 0 Å². The summed E-state index contributed by atoms with van der Waals surface area (Å²) in [6.45, 7) is 3.57. The summed E-state index contributed by atoms with van der Waals surface area (Å²) in [6, 6.07) is 0. The molecule has 64 valence electrons. The predicted molar refractivity (Wildman–Crippen MR) is 57.8 cm³/mol. The summed E-state index contributed by atoms with van der Waals surface area (Å²) in [5.41, 5.74) is 0. The van der Waals surface area contributed by atoms with Crippen LogP contribution in [0.3, 0.4) is 0 Å². The molecule has 0 fully saturated rings. The van der Waals surface area contributed by atoms with Gasteiger partial charge >= 0.3 is 0 Å². The van der Waals surface area contributed by atoms with E-state index in [-0.39, 0.29) is 6.10 Å². The van der Waals surface area contributed by atoms with Gasteiger partial charge in [-0.25, -0.2) is 0 Å². The van der Waals surface area contributed by atoms with E-state index in [0.29, 0.717) is 6.42 Å². The van der Waals surface area contributed by atoms with E-state index in [1.54, 1.807) is 6.08 Å². The lowest BCUT2D eigenvalue weighted by Crippen LogP contribution is -2.03. The maximum absolute atomic E-state index is 9.25. The van der Waals surface area contributed by atoms with Crippen molar-refractivity contribution in [1.82, 2.24) is 0 Å². The molecule has 0 aliphatic carbocycles. The Morgan fingerprint density at radius 2 is 2.27 bits per heavy atom. The molecule has 1 atom stereocenters. The molecule has 0 aliphatic heterocycles. The molecule has 0 rings (SSSR count). The summed E-state index contributed by atoms with van der Waals surface area (Å²) in [7, 11) is 0. The van der Waals surface area contributed by atoms with E-state index in [2.05, 4.69) is 35.2 Å². The number of aliphatic hydroxyl groups excluding tert-OH is 1. The number of unbranched alkanes of at least 4 members (excludes halogenated alkanes) is 1. The average Bonchev–Trinajstić information content (AvgIpc) is 1.99. The molecule has 0 bridgehead atoms. The highest BCUT2D eigenvalue weighted by Crippen LogP contribution is 2.05. The number of rotatable bonds is 6. The van der Waals surface area contributed by atoms with Gasteiger partial charge in [0.2, 0.25) is 0 Å². The van der Waals surface area contributed by atoms with E-state index in [9.17, 15) is 5.11 Å². The minimum Gasteiger partial charge on any atom is -0.393 e. The van der Waals surface area contributed by atoms with Crippen molar-refractivity contribution in [3.63, 3.8) is 0 Å². The van der Waals surface area contributed by atoms with Gasteiger partial charge in [-0.05, 0) is 29.8 Å². The van der Waals surface area contributed by atoms with Gasteiger partial charge < -0.3 is 5.11 Å². The van der Waals surface area contributed by atoms with Crippen LogP contribution in [0, 0.1) is 0 Å². The van der Waals surface area contributed by atoms with Gasteiger partial charge in [0.15, 0.2) is 0 Å². The zero-order valence-electron chi connectivity index (χ0n) is 6.67. The molecule has 0 saturated heterocycles. The number of halogens is 1. The smallest absolute Gasteiger partial charge is 0.0574 e. The number of allylic oxidation sites excluding steroid dienone is 1. The van der Waals surface area contributed by atoms with Gasteiger partial charge in [0, 0.05) is 0 Å². The standard InChI is InChI=1S/C9H15IO/c1-2-6-9(11)7-4-3-5-8-10/h2,5,8-9,11H,1,3-4,6-7H2/b8-5-. The SMILES string of the molecule is C=CCC(O)CCC/C=C\I. The predicted octanol–water partition coefficient (Wildman–Crippen LogP) is 3.04. The van der Waals surface area contributed by atoms with Crippen molar-refractivity contribution in [2.24, 2.45) is 0 Å². The van der Waals surface area contributed by atoms with Crippen LogP contribution in [0.1, 0.15) is 25.7 Å². The molecule has 1 nitrogen and oxygen atoms in total. The first-order chi connectivity index (χ1) is 5.31. The molecule has 0 aromatic rings. The monoisotopic (exact) mass is 266 g/mol. The quantitative estimate of drug-likeness (QED) is 0.445. The van der Waals surface area contributed by atoms with Gasteiger partial charge in [-0.2, -0.15) is 0 Å². The van der Waals surface area contributed by atoms with Gasteiger partial charge in [-0.1, -0.05) is 34.7 Å². The summed E-state index contributed by atoms with van der Waals surface area (Å²) in [5.74, 6) is 0. The first kappa shape index (κ1) is 11.2. The van der Waals surface area contributed by atoms with E-state index in [0.717, 1.165) is 19.3 Å².